The van der Waals surface area contributed by atoms with E-state index in [0.29, 0.717) is 13.1 Å². The molecule has 1 N–H and O–H groups in total. The van der Waals surface area contributed by atoms with Gasteiger partial charge in [-0.15, -0.1) is 0 Å². The third kappa shape index (κ3) is 2.12. The highest BCUT2D eigenvalue weighted by Crippen LogP contribution is 2.10. The van der Waals surface area contributed by atoms with Crippen LogP contribution in [-0.2, 0) is 9.59 Å². The fourth-order valence-corrected chi connectivity index (χ4v) is 2.06. The summed E-state index contributed by atoms with van der Waals surface area (Å²) in [5.74, 6) is 0.126. The molecular weight excluding hydrogens is 194 g/mol. The molecule has 0 spiro atoms. The van der Waals surface area contributed by atoms with Crippen molar-refractivity contribution in [3.05, 3.63) is 0 Å². The fraction of sp³-hybridized carbons (Fsp3) is 0.800. The molecule has 2 rings (SSSR count). The number of hydrogen-bond donors (Lipinski definition) is 1. The summed E-state index contributed by atoms with van der Waals surface area (Å²) in [6.45, 7) is 2.47. The summed E-state index contributed by atoms with van der Waals surface area (Å²) >= 11 is 0. The summed E-state index contributed by atoms with van der Waals surface area (Å²) in [4.78, 5) is 26.7. The fourth-order valence-electron chi connectivity index (χ4n) is 2.06. The average molecular weight is 211 g/mol. The minimum atomic E-state index is -0.0544. The molecule has 2 heterocycles. The van der Waals surface area contributed by atoms with Crippen LogP contribution in [0.2, 0.25) is 0 Å². The number of hydrogen-bond acceptors (Lipinski definition) is 3. The Kier molecular flexibility index (Phi) is 2.90. The van der Waals surface area contributed by atoms with Crippen LogP contribution >= 0.6 is 0 Å². The monoisotopic (exact) mass is 211 g/mol. The van der Waals surface area contributed by atoms with Crippen LogP contribution in [0.4, 0.5) is 0 Å². The molecule has 0 unspecified atom stereocenters. The minimum absolute atomic E-state index is 0.0348. The molecule has 1 atom stereocenters. The van der Waals surface area contributed by atoms with E-state index in [1.165, 1.54) is 0 Å². The predicted molar refractivity (Wildman–Crippen MR) is 55.2 cm³/mol. The lowest BCUT2D eigenvalue weighted by Crippen LogP contribution is -2.54. The van der Waals surface area contributed by atoms with Gasteiger partial charge in [0.2, 0.25) is 11.8 Å². The van der Waals surface area contributed by atoms with Gasteiger partial charge in [-0.3, -0.25) is 9.59 Å². The molecular formula is C10H17N3O2. The number of carbonyl (C=O) groups excluding carboxylic acids is 2. The zero-order valence-electron chi connectivity index (χ0n) is 9.03. The standard InChI is InChI=1S/C10H17N3O2/c1-12-5-6-13(7-9(12)14)10(15)8-3-2-4-11-8/h8,11H,2-7H2,1H3/t8-/m0/s1. The molecule has 0 aliphatic carbocycles. The van der Waals surface area contributed by atoms with Crippen molar-refractivity contribution in [3.63, 3.8) is 0 Å². The highest BCUT2D eigenvalue weighted by Gasteiger charge is 2.30. The van der Waals surface area contributed by atoms with E-state index in [0.717, 1.165) is 19.4 Å². The van der Waals surface area contributed by atoms with Crippen molar-refractivity contribution in [2.24, 2.45) is 0 Å². The number of piperazine rings is 1. The summed E-state index contributed by atoms with van der Waals surface area (Å²) in [5.41, 5.74) is 0. The molecule has 0 radical (unpaired) electrons. The number of amides is 2. The van der Waals surface area contributed by atoms with Gasteiger partial charge in [0, 0.05) is 20.1 Å². The Labute approximate surface area is 89.4 Å². The highest BCUT2D eigenvalue weighted by atomic mass is 16.2. The number of carbonyl (C=O) groups is 2. The first-order valence-corrected chi connectivity index (χ1v) is 5.44. The summed E-state index contributed by atoms with van der Waals surface area (Å²) in [6.07, 6.45) is 1.96. The molecule has 0 aromatic heterocycles. The molecule has 0 bridgehead atoms. The van der Waals surface area contributed by atoms with Crippen molar-refractivity contribution in [1.82, 2.24) is 15.1 Å². The molecule has 2 saturated heterocycles. The van der Waals surface area contributed by atoms with Gasteiger partial charge < -0.3 is 15.1 Å². The second-order valence-corrected chi connectivity index (χ2v) is 4.22. The zero-order chi connectivity index (χ0) is 10.8. The molecule has 2 amide bonds. The third-order valence-electron chi connectivity index (χ3n) is 3.13. The summed E-state index contributed by atoms with van der Waals surface area (Å²) in [7, 11) is 1.78. The Hall–Kier alpha value is -1.10. The van der Waals surface area contributed by atoms with E-state index in [2.05, 4.69) is 5.32 Å². The lowest BCUT2D eigenvalue weighted by molar-refractivity contribution is -0.145. The zero-order valence-corrected chi connectivity index (χ0v) is 9.03. The van der Waals surface area contributed by atoms with E-state index in [1.54, 1.807) is 16.8 Å². The molecule has 0 aromatic carbocycles. The van der Waals surface area contributed by atoms with Gasteiger partial charge in [0.25, 0.3) is 0 Å². The van der Waals surface area contributed by atoms with Gasteiger partial charge in [-0.25, -0.2) is 0 Å². The molecule has 84 valence electrons. The first-order chi connectivity index (χ1) is 7.18. The van der Waals surface area contributed by atoms with Crippen LogP contribution in [0, 0.1) is 0 Å². The van der Waals surface area contributed by atoms with Crippen molar-refractivity contribution < 1.29 is 9.59 Å². The van der Waals surface area contributed by atoms with E-state index in [4.69, 9.17) is 0 Å². The van der Waals surface area contributed by atoms with E-state index in [9.17, 15) is 9.59 Å². The first-order valence-electron chi connectivity index (χ1n) is 5.44. The van der Waals surface area contributed by atoms with Crippen LogP contribution in [0.25, 0.3) is 0 Å². The maximum absolute atomic E-state index is 11.9. The molecule has 2 aliphatic rings. The average Bonchev–Trinajstić information content (AvgIpc) is 2.74. The van der Waals surface area contributed by atoms with Gasteiger partial charge in [0.1, 0.15) is 0 Å². The second-order valence-electron chi connectivity index (χ2n) is 4.22. The lowest BCUT2D eigenvalue weighted by Gasteiger charge is -2.33. The molecule has 15 heavy (non-hydrogen) atoms. The van der Waals surface area contributed by atoms with Crippen LogP contribution < -0.4 is 5.32 Å². The number of likely N-dealkylation sites (N-methyl/N-ethyl adjacent to an activating group) is 1. The lowest BCUT2D eigenvalue weighted by atomic mass is 10.2. The summed E-state index contributed by atoms with van der Waals surface area (Å²) < 4.78 is 0. The largest absolute Gasteiger partial charge is 0.342 e. The highest BCUT2D eigenvalue weighted by molar-refractivity contribution is 5.88. The van der Waals surface area contributed by atoms with Gasteiger partial charge >= 0.3 is 0 Å². The molecule has 2 fully saturated rings. The van der Waals surface area contributed by atoms with Crippen LogP contribution in [0.1, 0.15) is 12.8 Å². The number of nitrogens with one attached hydrogen (secondary N) is 1. The Morgan fingerprint density at radius 3 is 2.87 bits per heavy atom. The Balaban J connectivity index is 1.93. The maximum Gasteiger partial charge on any atom is 0.241 e. The Morgan fingerprint density at radius 1 is 1.47 bits per heavy atom. The first kappa shape index (κ1) is 10.4. The van der Waals surface area contributed by atoms with Crippen molar-refractivity contribution in [3.8, 4) is 0 Å². The van der Waals surface area contributed by atoms with Crippen LogP contribution in [0.15, 0.2) is 0 Å². The molecule has 0 saturated carbocycles. The second kappa shape index (κ2) is 4.18. The van der Waals surface area contributed by atoms with E-state index in [-0.39, 0.29) is 24.4 Å². The van der Waals surface area contributed by atoms with Crippen LogP contribution in [0.5, 0.6) is 0 Å². The van der Waals surface area contributed by atoms with Crippen LogP contribution in [-0.4, -0.2) is 60.9 Å². The smallest absolute Gasteiger partial charge is 0.241 e. The predicted octanol–water partition coefficient (Wildman–Crippen LogP) is -0.961. The molecule has 5 heteroatoms. The van der Waals surface area contributed by atoms with Gasteiger partial charge in [-0.2, -0.15) is 0 Å². The number of nitrogens with zero attached hydrogens (tertiary/aromatic N) is 2. The van der Waals surface area contributed by atoms with Crippen molar-refractivity contribution in [2.75, 3.05) is 33.2 Å². The van der Waals surface area contributed by atoms with Crippen molar-refractivity contribution in [2.45, 2.75) is 18.9 Å². The van der Waals surface area contributed by atoms with Gasteiger partial charge in [0.05, 0.1) is 12.6 Å². The summed E-state index contributed by atoms with van der Waals surface area (Å²) in [6, 6.07) is -0.0544. The normalized spacial score (nSPS) is 27.3. The van der Waals surface area contributed by atoms with Crippen molar-refractivity contribution in [1.29, 1.82) is 0 Å². The van der Waals surface area contributed by atoms with Gasteiger partial charge in [-0.05, 0) is 19.4 Å². The SMILES string of the molecule is CN1CCN(C(=O)[C@@H]2CCCN2)CC1=O. The Bertz CT molecular complexity index is 274. The van der Waals surface area contributed by atoms with Crippen LogP contribution in [0.3, 0.4) is 0 Å². The van der Waals surface area contributed by atoms with E-state index >= 15 is 0 Å². The summed E-state index contributed by atoms with van der Waals surface area (Å²) in [5, 5.41) is 3.16. The molecule has 0 aromatic rings. The van der Waals surface area contributed by atoms with E-state index in [1.807, 2.05) is 0 Å². The molecule has 5 nitrogen and oxygen atoms in total. The quantitative estimate of drug-likeness (QED) is 0.608. The molecule has 2 aliphatic heterocycles. The minimum Gasteiger partial charge on any atom is -0.342 e. The Morgan fingerprint density at radius 2 is 2.27 bits per heavy atom. The van der Waals surface area contributed by atoms with Gasteiger partial charge in [-0.1, -0.05) is 0 Å². The van der Waals surface area contributed by atoms with Gasteiger partial charge in [0.15, 0.2) is 0 Å². The third-order valence-corrected chi connectivity index (χ3v) is 3.13. The maximum atomic E-state index is 11.9. The van der Waals surface area contributed by atoms with E-state index < -0.39 is 0 Å². The van der Waals surface area contributed by atoms with Crippen molar-refractivity contribution >= 4 is 11.8 Å². The topological polar surface area (TPSA) is 52.6 Å². The number of rotatable bonds is 1.